The summed E-state index contributed by atoms with van der Waals surface area (Å²) in [6.45, 7) is 2.42. The zero-order chi connectivity index (χ0) is 11.7. The van der Waals surface area contributed by atoms with Gasteiger partial charge in [0.25, 0.3) is 0 Å². The Balaban J connectivity index is 2.30. The van der Waals surface area contributed by atoms with Crippen molar-refractivity contribution in [2.45, 2.75) is 19.4 Å². The molecule has 0 bridgehead atoms. The van der Waals surface area contributed by atoms with E-state index >= 15 is 0 Å². The van der Waals surface area contributed by atoms with Gasteiger partial charge in [-0.05, 0) is 37.1 Å². The number of rotatable bonds is 2. The molecule has 0 aromatic heterocycles. The number of carbonyl (C=O) groups excluding carboxylic acids is 1. The number of carbonyl (C=O) groups is 1. The van der Waals surface area contributed by atoms with Crippen LogP contribution in [-0.2, 0) is 11.2 Å². The van der Waals surface area contributed by atoms with Crippen molar-refractivity contribution in [2.24, 2.45) is 5.73 Å². The SMILES string of the molecule is COc1ccc2c(c1)CCN2C(=O)[C@@H](C)N. The highest BCUT2D eigenvalue weighted by atomic mass is 16.5. The Hall–Kier alpha value is -1.55. The lowest BCUT2D eigenvalue weighted by atomic mass is 10.1. The van der Waals surface area contributed by atoms with Crippen LogP contribution in [0.2, 0.25) is 0 Å². The number of nitrogens with two attached hydrogens (primary N) is 1. The molecule has 16 heavy (non-hydrogen) atoms. The molecular weight excluding hydrogens is 204 g/mol. The number of fused-ring (bicyclic) bond motifs is 1. The molecule has 1 aliphatic rings. The van der Waals surface area contributed by atoms with Crippen LogP contribution in [0.25, 0.3) is 0 Å². The van der Waals surface area contributed by atoms with Crippen LogP contribution in [-0.4, -0.2) is 25.6 Å². The Labute approximate surface area is 95.0 Å². The predicted molar refractivity (Wildman–Crippen MR) is 62.7 cm³/mol. The summed E-state index contributed by atoms with van der Waals surface area (Å²) in [5.41, 5.74) is 7.72. The molecule has 2 N–H and O–H groups in total. The van der Waals surface area contributed by atoms with E-state index in [2.05, 4.69) is 0 Å². The van der Waals surface area contributed by atoms with Crippen LogP contribution in [0, 0.1) is 0 Å². The highest BCUT2D eigenvalue weighted by Gasteiger charge is 2.26. The minimum Gasteiger partial charge on any atom is -0.497 e. The van der Waals surface area contributed by atoms with Crippen molar-refractivity contribution in [2.75, 3.05) is 18.6 Å². The van der Waals surface area contributed by atoms with Crippen LogP contribution in [0.5, 0.6) is 5.75 Å². The molecule has 1 heterocycles. The second-order valence-electron chi connectivity index (χ2n) is 4.02. The lowest BCUT2D eigenvalue weighted by Crippen LogP contribution is -2.41. The van der Waals surface area contributed by atoms with Crippen LogP contribution in [0.4, 0.5) is 5.69 Å². The van der Waals surface area contributed by atoms with E-state index in [1.165, 1.54) is 0 Å². The zero-order valence-electron chi connectivity index (χ0n) is 9.56. The normalized spacial score (nSPS) is 15.8. The van der Waals surface area contributed by atoms with E-state index in [-0.39, 0.29) is 5.91 Å². The number of anilines is 1. The van der Waals surface area contributed by atoms with E-state index < -0.39 is 6.04 Å². The van der Waals surface area contributed by atoms with Crippen molar-refractivity contribution in [3.63, 3.8) is 0 Å². The first-order chi connectivity index (χ1) is 7.63. The highest BCUT2D eigenvalue weighted by molar-refractivity contribution is 5.98. The molecule has 0 saturated heterocycles. The van der Waals surface area contributed by atoms with Gasteiger partial charge in [0, 0.05) is 12.2 Å². The van der Waals surface area contributed by atoms with Crippen LogP contribution in [0.3, 0.4) is 0 Å². The number of amides is 1. The van der Waals surface area contributed by atoms with E-state index in [9.17, 15) is 4.79 Å². The van der Waals surface area contributed by atoms with Crippen LogP contribution < -0.4 is 15.4 Å². The fourth-order valence-corrected chi connectivity index (χ4v) is 1.98. The number of hydrogen-bond acceptors (Lipinski definition) is 3. The van der Waals surface area contributed by atoms with Gasteiger partial charge in [-0.1, -0.05) is 0 Å². The molecule has 0 spiro atoms. The summed E-state index contributed by atoms with van der Waals surface area (Å²) in [4.78, 5) is 13.6. The van der Waals surface area contributed by atoms with Crippen LogP contribution in [0.15, 0.2) is 18.2 Å². The summed E-state index contributed by atoms with van der Waals surface area (Å²) in [6, 6.07) is 5.31. The molecule has 4 nitrogen and oxygen atoms in total. The molecule has 0 unspecified atom stereocenters. The third-order valence-electron chi connectivity index (χ3n) is 2.84. The molecule has 1 aromatic rings. The summed E-state index contributed by atoms with van der Waals surface area (Å²) >= 11 is 0. The lowest BCUT2D eigenvalue weighted by molar-refractivity contribution is -0.119. The quantitative estimate of drug-likeness (QED) is 0.806. The van der Waals surface area contributed by atoms with Crippen molar-refractivity contribution >= 4 is 11.6 Å². The molecule has 1 aromatic carbocycles. The van der Waals surface area contributed by atoms with Gasteiger partial charge in [-0.25, -0.2) is 0 Å². The summed E-state index contributed by atoms with van der Waals surface area (Å²) in [5.74, 6) is 0.803. The Morgan fingerprint density at radius 1 is 1.56 bits per heavy atom. The molecule has 4 heteroatoms. The predicted octanol–water partition coefficient (Wildman–Crippen LogP) is 0.931. The Morgan fingerprint density at radius 3 is 2.94 bits per heavy atom. The van der Waals surface area contributed by atoms with Gasteiger partial charge in [0.1, 0.15) is 5.75 Å². The average molecular weight is 220 g/mol. The second kappa shape index (κ2) is 4.14. The van der Waals surface area contributed by atoms with Crippen molar-refractivity contribution in [3.05, 3.63) is 23.8 Å². The Kier molecular flexibility index (Phi) is 2.83. The molecule has 86 valence electrons. The monoisotopic (exact) mass is 220 g/mol. The summed E-state index contributed by atoms with van der Waals surface area (Å²) in [6.07, 6.45) is 0.866. The molecule has 1 amide bonds. The second-order valence-corrected chi connectivity index (χ2v) is 4.02. The van der Waals surface area contributed by atoms with Crippen molar-refractivity contribution in [3.8, 4) is 5.75 Å². The largest absolute Gasteiger partial charge is 0.497 e. The summed E-state index contributed by atoms with van der Waals surface area (Å²) in [5, 5.41) is 0. The molecule has 0 fully saturated rings. The van der Waals surface area contributed by atoms with Gasteiger partial charge >= 0.3 is 0 Å². The third kappa shape index (κ3) is 1.76. The maximum absolute atomic E-state index is 11.8. The minimum absolute atomic E-state index is 0.0242. The fourth-order valence-electron chi connectivity index (χ4n) is 1.98. The fraction of sp³-hybridized carbons (Fsp3) is 0.417. The molecule has 1 aliphatic heterocycles. The van der Waals surface area contributed by atoms with E-state index in [4.69, 9.17) is 10.5 Å². The Bertz CT molecular complexity index is 415. The first-order valence-corrected chi connectivity index (χ1v) is 5.37. The van der Waals surface area contributed by atoms with Crippen molar-refractivity contribution in [1.82, 2.24) is 0 Å². The molecular formula is C12H16N2O2. The standard InChI is InChI=1S/C12H16N2O2/c1-8(13)12(15)14-6-5-9-7-10(16-2)3-4-11(9)14/h3-4,7-8H,5-6,13H2,1-2H3/t8-/m1/s1. The van der Waals surface area contributed by atoms with Crippen molar-refractivity contribution in [1.29, 1.82) is 0 Å². The average Bonchev–Trinajstić information content (AvgIpc) is 2.70. The highest BCUT2D eigenvalue weighted by Crippen LogP contribution is 2.31. The summed E-state index contributed by atoms with van der Waals surface area (Å²) < 4.78 is 5.15. The van der Waals surface area contributed by atoms with E-state index in [1.807, 2.05) is 18.2 Å². The van der Waals surface area contributed by atoms with Gasteiger partial charge in [0.05, 0.1) is 13.2 Å². The zero-order valence-corrected chi connectivity index (χ0v) is 9.56. The van der Waals surface area contributed by atoms with Gasteiger partial charge < -0.3 is 15.4 Å². The maximum Gasteiger partial charge on any atom is 0.243 e. The van der Waals surface area contributed by atoms with Gasteiger partial charge in [0.2, 0.25) is 5.91 Å². The minimum atomic E-state index is -0.451. The maximum atomic E-state index is 11.8. The van der Waals surface area contributed by atoms with E-state index in [0.717, 1.165) is 23.4 Å². The molecule has 0 saturated carbocycles. The van der Waals surface area contributed by atoms with Crippen molar-refractivity contribution < 1.29 is 9.53 Å². The van der Waals surface area contributed by atoms with Gasteiger partial charge in [0.15, 0.2) is 0 Å². The number of hydrogen-bond donors (Lipinski definition) is 1. The number of ether oxygens (including phenoxy) is 1. The van der Waals surface area contributed by atoms with E-state index in [0.29, 0.717) is 6.54 Å². The van der Waals surface area contributed by atoms with Crippen LogP contribution in [0.1, 0.15) is 12.5 Å². The number of benzene rings is 1. The first-order valence-electron chi connectivity index (χ1n) is 5.37. The van der Waals surface area contributed by atoms with Crippen LogP contribution >= 0.6 is 0 Å². The number of nitrogens with zero attached hydrogens (tertiary/aromatic N) is 1. The first kappa shape index (κ1) is 11.0. The molecule has 0 radical (unpaired) electrons. The van der Waals surface area contributed by atoms with E-state index in [1.54, 1.807) is 18.9 Å². The summed E-state index contributed by atoms with van der Waals surface area (Å²) in [7, 11) is 1.64. The molecule has 2 rings (SSSR count). The van der Waals surface area contributed by atoms with Gasteiger partial charge in [-0.2, -0.15) is 0 Å². The van der Waals surface area contributed by atoms with Gasteiger partial charge in [-0.15, -0.1) is 0 Å². The smallest absolute Gasteiger partial charge is 0.243 e. The third-order valence-corrected chi connectivity index (χ3v) is 2.84. The Morgan fingerprint density at radius 2 is 2.31 bits per heavy atom. The molecule has 0 aliphatic carbocycles. The topological polar surface area (TPSA) is 55.6 Å². The van der Waals surface area contributed by atoms with Gasteiger partial charge in [-0.3, -0.25) is 4.79 Å². The number of methoxy groups -OCH3 is 1. The lowest BCUT2D eigenvalue weighted by Gasteiger charge is -2.19. The molecule has 1 atom stereocenters.